The number of nitrogens with zero attached hydrogens (tertiary/aromatic N) is 3. The lowest BCUT2D eigenvalue weighted by molar-refractivity contribution is 0.0394. The highest BCUT2D eigenvalue weighted by atomic mass is 127. The molecule has 2 rings (SSSR count). The SMILES string of the molecule is CCNC(=NCCN1CCOCC1)NC1CN(C(C)C)CC1C.I. The van der Waals surface area contributed by atoms with Gasteiger partial charge in [0.25, 0.3) is 0 Å². The van der Waals surface area contributed by atoms with E-state index in [0.717, 1.165) is 58.4 Å². The first-order valence-electron chi connectivity index (χ1n) is 9.19. The normalized spacial score (nSPS) is 26.5. The van der Waals surface area contributed by atoms with Crippen molar-refractivity contribution in [1.82, 2.24) is 20.4 Å². The Hall–Kier alpha value is -0.120. The van der Waals surface area contributed by atoms with Crippen LogP contribution in [0.2, 0.25) is 0 Å². The number of likely N-dealkylation sites (tertiary alicyclic amines) is 1. The van der Waals surface area contributed by atoms with E-state index in [1.54, 1.807) is 0 Å². The van der Waals surface area contributed by atoms with Gasteiger partial charge in [-0.05, 0) is 26.7 Å². The topological polar surface area (TPSA) is 52.1 Å². The van der Waals surface area contributed by atoms with E-state index >= 15 is 0 Å². The fraction of sp³-hybridized carbons (Fsp3) is 0.941. The number of hydrogen-bond acceptors (Lipinski definition) is 4. The van der Waals surface area contributed by atoms with Crippen LogP contribution in [0.1, 0.15) is 27.7 Å². The molecule has 0 radical (unpaired) electrons. The fourth-order valence-electron chi connectivity index (χ4n) is 3.24. The average molecular weight is 453 g/mol. The molecule has 0 aromatic heterocycles. The second-order valence-corrected chi connectivity index (χ2v) is 6.99. The molecule has 6 nitrogen and oxygen atoms in total. The number of rotatable bonds is 6. The molecule has 2 saturated heterocycles. The molecular weight excluding hydrogens is 417 g/mol. The maximum atomic E-state index is 5.39. The number of nitrogens with one attached hydrogen (secondary N) is 2. The quantitative estimate of drug-likeness (QED) is 0.360. The first-order valence-corrected chi connectivity index (χ1v) is 9.19. The van der Waals surface area contributed by atoms with Crippen molar-refractivity contribution in [2.75, 3.05) is 59.0 Å². The molecule has 2 atom stereocenters. The van der Waals surface area contributed by atoms with E-state index in [4.69, 9.17) is 9.73 Å². The van der Waals surface area contributed by atoms with E-state index in [2.05, 4.69) is 48.1 Å². The summed E-state index contributed by atoms with van der Waals surface area (Å²) in [7, 11) is 0. The Morgan fingerprint density at radius 1 is 1.25 bits per heavy atom. The summed E-state index contributed by atoms with van der Waals surface area (Å²) in [5, 5.41) is 7.03. The zero-order chi connectivity index (χ0) is 16.7. The van der Waals surface area contributed by atoms with E-state index in [-0.39, 0.29) is 24.0 Å². The highest BCUT2D eigenvalue weighted by molar-refractivity contribution is 14.0. The standard InChI is InChI=1S/C17H35N5O.HI/c1-5-18-17(19-6-7-21-8-10-23-11-9-21)20-16-13-22(14(2)3)12-15(16)4;/h14-16H,5-13H2,1-4H3,(H2,18,19,20);1H. The Morgan fingerprint density at radius 2 is 1.96 bits per heavy atom. The first kappa shape index (κ1) is 21.9. The van der Waals surface area contributed by atoms with Crippen LogP contribution in [-0.2, 0) is 4.74 Å². The Bertz CT molecular complexity index is 374. The molecule has 0 bridgehead atoms. The lowest BCUT2D eigenvalue weighted by atomic mass is 10.1. The summed E-state index contributed by atoms with van der Waals surface area (Å²) < 4.78 is 5.39. The minimum absolute atomic E-state index is 0. The van der Waals surface area contributed by atoms with E-state index in [1.165, 1.54) is 6.54 Å². The van der Waals surface area contributed by atoms with Crippen LogP contribution in [0.15, 0.2) is 4.99 Å². The molecule has 7 heteroatoms. The van der Waals surface area contributed by atoms with Crippen LogP contribution >= 0.6 is 24.0 Å². The number of ether oxygens (including phenoxy) is 1. The Labute approximate surface area is 164 Å². The Kier molecular flexibility index (Phi) is 10.5. The van der Waals surface area contributed by atoms with Gasteiger partial charge in [-0.2, -0.15) is 0 Å². The van der Waals surface area contributed by atoms with Crippen LogP contribution in [0.25, 0.3) is 0 Å². The second kappa shape index (κ2) is 11.5. The minimum atomic E-state index is 0. The minimum Gasteiger partial charge on any atom is -0.379 e. The van der Waals surface area contributed by atoms with Gasteiger partial charge in [0.05, 0.1) is 19.8 Å². The molecule has 24 heavy (non-hydrogen) atoms. The molecule has 2 N–H and O–H groups in total. The summed E-state index contributed by atoms with van der Waals surface area (Å²) in [6.07, 6.45) is 0. The maximum Gasteiger partial charge on any atom is 0.191 e. The molecule has 2 aliphatic rings. The van der Waals surface area contributed by atoms with Crippen molar-refractivity contribution in [2.45, 2.75) is 39.8 Å². The number of hydrogen-bond donors (Lipinski definition) is 2. The van der Waals surface area contributed by atoms with Gasteiger partial charge < -0.3 is 15.4 Å². The number of aliphatic imine (C=N–C) groups is 1. The van der Waals surface area contributed by atoms with Crippen LogP contribution in [0.5, 0.6) is 0 Å². The van der Waals surface area contributed by atoms with Crippen molar-refractivity contribution in [1.29, 1.82) is 0 Å². The predicted molar refractivity (Wildman–Crippen MR) is 111 cm³/mol. The van der Waals surface area contributed by atoms with Gasteiger partial charge >= 0.3 is 0 Å². The summed E-state index contributed by atoms with van der Waals surface area (Å²) >= 11 is 0. The Balaban J connectivity index is 0.00000288. The molecule has 142 valence electrons. The Morgan fingerprint density at radius 3 is 2.54 bits per heavy atom. The van der Waals surface area contributed by atoms with Crippen LogP contribution in [-0.4, -0.2) is 86.9 Å². The van der Waals surface area contributed by atoms with Gasteiger partial charge in [0, 0.05) is 51.4 Å². The van der Waals surface area contributed by atoms with Crippen LogP contribution < -0.4 is 10.6 Å². The van der Waals surface area contributed by atoms with Crippen molar-refractivity contribution in [3.05, 3.63) is 0 Å². The largest absolute Gasteiger partial charge is 0.379 e. The maximum absolute atomic E-state index is 5.39. The zero-order valence-corrected chi connectivity index (χ0v) is 18.1. The molecule has 0 amide bonds. The van der Waals surface area contributed by atoms with Gasteiger partial charge in [-0.3, -0.25) is 14.8 Å². The van der Waals surface area contributed by atoms with E-state index in [0.29, 0.717) is 18.0 Å². The summed E-state index contributed by atoms with van der Waals surface area (Å²) in [6, 6.07) is 1.10. The second-order valence-electron chi connectivity index (χ2n) is 6.99. The van der Waals surface area contributed by atoms with Gasteiger partial charge in [-0.1, -0.05) is 6.92 Å². The van der Waals surface area contributed by atoms with Crippen LogP contribution in [0.3, 0.4) is 0 Å². The summed E-state index contributed by atoms with van der Waals surface area (Å²) in [5.74, 6) is 1.61. The first-order chi connectivity index (χ1) is 11.1. The molecule has 0 aliphatic carbocycles. The van der Waals surface area contributed by atoms with Crippen molar-refractivity contribution in [3.8, 4) is 0 Å². The summed E-state index contributed by atoms with van der Waals surface area (Å²) in [5.41, 5.74) is 0. The molecule has 2 heterocycles. The van der Waals surface area contributed by atoms with Gasteiger partial charge in [0.1, 0.15) is 0 Å². The van der Waals surface area contributed by atoms with Crippen molar-refractivity contribution in [2.24, 2.45) is 10.9 Å². The molecule has 2 aliphatic heterocycles. The smallest absolute Gasteiger partial charge is 0.191 e. The lowest BCUT2D eigenvalue weighted by Gasteiger charge is -2.26. The molecule has 0 saturated carbocycles. The summed E-state index contributed by atoms with van der Waals surface area (Å²) in [4.78, 5) is 9.74. The number of guanidine groups is 1. The molecular formula is C17H36IN5O. The predicted octanol–water partition coefficient (Wildman–Crippen LogP) is 1.22. The molecule has 2 fully saturated rings. The van der Waals surface area contributed by atoms with Crippen molar-refractivity contribution in [3.63, 3.8) is 0 Å². The van der Waals surface area contributed by atoms with Crippen LogP contribution in [0.4, 0.5) is 0 Å². The zero-order valence-electron chi connectivity index (χ0n) is 15.8. The van der Waals surface area contributed by atoms with Crippen molar-refractivity contribution >= 4 is 29.9 Å². The van der Waals surface area contributed by atoms with Gasteiger partial charge in [0.15, 0.2) is 5.96 Å². The highest BCUT2D eigenvalue weighted by Gasteiger charge is 2.31. The molecule has 0 aromatic rings. The molecule has 0 aromatic carbocycles. The van der Waals surface area contributed by atoms with Gasteiger partial charge in [-0.15, -0.1) is 24.0 Å². The van der Waals surface area contributed by atoms with E-state index < -0.39 is 0 Å². The van der Waals surface area contributed by atoms with E-state index in [1.807, 2.05) is 0 Å². The van der Waals surface area contributed by atoms with Crippen LogP contribution in [0, 0.1) is 5.92 Å². The third-order valence-electron chi connectivity index (χ3n) is 4.83. The molecule has 0 spiro atoms. The van der Waals surface area contributed by atoms with Crippen molar-refractivity contribution < 1.29 is 4.74 Å². The molecule has 2 unspecified atom stereocenters. The number of morpholine rings is 1. The lowest BCUT2D eigenvalue weighted by Crippen LogP contribution is -2.47. The third-order valence-corrected chi connectivity index (χ3v) is 4.83. The highest BCUT2D eigenvalue weighted by Crippen LogP contribution is 2.18. The van der Waals surface area contributed by atoms with Gasteiger partial charge in [-0.25, -0.2) is 0 Å². The third kappa shape index (κ3) is 7.01. The summed E-state index contributed by atoms with van der Waals surface area (Å²) in [6.45, 7) is 17.8. The fourth-order valence-corrected chi connectivity index (χ4v) is 3.24. The van der Waals surface area contributed by atoms with Gasteiger partial charge in [0.2, 0.25) is 0 Å². The average Bonchev–Trinajstić information content (AvgIpc) is 2.90. The van der Waals surface area contributed by atoms with E-state index in [9.17, 15) is 0 Å². The number of halogens is 1. The monoisotopic (exact) mass is 453 g/mol.